The molecule has 1 heterocycles. The third-order valence-corrected chi connectivity index (χ3v) is 2.89. The summed E-state index contributed by atoms with van der Waals surface area (Å²) in [6, 6.07) is 9.76. The molecule has 2 heteroatoms. The molecular formula is C17H14N2. The van der Waals surface area contributed by atoms with Gasteiger partial charge in [-0.1, -0.05) is 29.5 Å². The molecule has 0 N–H and O–H groups in total. The van der Waals surface area contributed by atoms with Crippen LogP contribution in [0.2, 0.25) is 0 Å². The van der Waals surface area contributed by atoms with E-state index in [-0.39, 0.29) is 0 Å². The summed E-state index contributed by atoms with van der Waals surface area (Å²) in [5.41, 5.74) is 5.92. The van der Waals surface area contributed by atoms with E-state index >= 15 is 0 Å². The molecule has 0 aliphatic carbocycles. The van der Waals surface area contributed by atoms with Crippen molar-refractivity contribution < 1.29 is 0 Å². The number of pyridine rings is 1. The maximum absolute atomic E-state index is 8.69. The molecular weight excluding hydrogens is 232 g/mol. The van der Waals surface area contributed by atoms with E-state index in [0.717, 1.165) is 11.1 Å². The van der Waals surface area contributed by atoms with Gasteiger partial charge in [0.25, 0.3) is 0 Å². The van der Waals surface area contributed by atoms with E-state index in [0.29, 0.717) is 5.69 Å². The standard InChI is InChI=1S/C17H14N2/c1-12-8-13(2)17(14(3)9-12)7-5-15-4-6-16(10-18)19-11-15/h4,6,8-9,11H,1-3H3. The summed E-state index contributed by atoms with van der Waals surface area (Å²) in [5, 5.41) is 8.69. The third-order valence-electron chi connectivity index (χ3n) is 2.89. The number of rotatable bonds is 0. The summed E-state index contributed by atoms with van der Waals surface area (Å²) in [4.78, 5) is 4.00. The van der Waals surface area contributed by atoms with Crippen molar-refractivity contribution in [2.24, 2.45) is 0 Å². The van der Waals surface area contributed by atoms with E-state index in [1.54, 1.807) is 12.3 Å². The Morgan fingerprint density at radius 3 is 2.21 bits per heavy atom. The van der Waals surface area contributed by atoms with Gasteiger partial charge in [-0.3, -0.25) is 0 Å². The topological polar surface area (TPSA) is 36.7 Å². The first kappa shape index (κ1) is 12.9. The van der Waals surface area contributed by atoms with E-state index < -0.39 is 0 Å². The number of benzene rings is 1. The fourth-order valence-electron chi connectivity index (χ4n) is 2.05. The van der Waals surface area contributed by atoms with Crippen LogP contribution in [-0.2, 0) is 0 Å². The predicted octanol–water partition coefficient (Wildman–Crippen LogP) is 3.28. The van der Waals surface area contributed by atoms with Crippen molar-refractivity contribution in [2.45, 2.75) is 20.8 Å². The highest BCUT2D eigenvalue weighted by atomic mass is 14.7. The van der Waals surface area contributed by atoms with Crippen molar-refractivity contribution in [3.63, 3.8) is 0 Å². The number of nitrogens with zero attached hydrogens (tertiary/aromatic N) is 2. The van der Waals surface area contributed by atoms with E-state index in [9.17, 15) is 0 Å². The van der Waals surface area contributed by atoms with Gasteiger partial charge in [0.05, 0.1) is 0 Å². The van der Waals surface area contributed by atoms with Crippen LogP contribution in [0.1, 0.15) is 33.5 Å². The highest BCUT2D eigenvalue weighted by molar-refractivity contribution is 5.51. The van der Waals surface area contributed by atoms with Crippen LogP contribution < -0.4 is 0 Å². The molecule has 1 aromatic heterocycles. The van der Waals surface area contributed by atoms with Crippen LogP contribution in [0.25, 0.3) is 0 Å². The van der Waals surface area contributed by atoms with Crippen LogP contribution in [-0.4, -0.2) is 4.98 Å². The molecule has 92 valence electrons. The number of aryl methyl sites for hydroxylation is 3. The average molecular weight is 246 g/mol. The van der Waals surface area contributed by atoms with Gasteiger partial charge in [-0.25, -0.2) is 4.98 Å². The Morgan fingerprint density at radius 2 is 1.68 bits per heavy atom. The van der Waals surface area contributed by atoms with Gasteiger partial charge in [0, 0.05) is 17.3 Å². The van der Waals surface area contributed by atoms with Crippen LogP contribution in [0, 0.1) is 43.9 Å². The first-order chi connectivity index (χ1) is 9.10. The lowest BCUT2D eigenvalue weighted by Gasteiger charge is -2.04. The molecule has 0 aliphatic rings. The summed E-state index contributed by atoms with van der Waals surface area (Å²) in [5.74, 6) is 6.28. The summed E-state index contributed by atoms with van der Waals surface area (Å²) in [6.45, 7) is 6.23. The molecule has 2 aromatic rings. The van der Waals surface area contributed by atoms with Gasteiger partial charge >= 0.3 is 0 Å². The average Bonchev–Trinajstić information content (AvgIpc) is 2.38. The normalized spacial score (nSPS) is 9.37. The van der Waals surface area contributed by atoms with Crippen LogP contribution >= 0.6 is 0 Å². The molecule has 0 saturated heterocycles. The van der Waals surface area contributed by atoms with E-state index in [1.165, 1.54) is 16.7 Å². The molecule has 0 bridgehead atoms. The van der Waals surface area contributed by atoms with Crippen molar-refractivity contribution in [1.82, 2.24) is 4.98 Å². The maximum atomic E-state index is 8.69. The lowest BCUT2D eigenvalue weighted by Crippen LogP contribution is -1.90. The van der Waals surface area contributed by atoms with Crippen molar-refractivity contribution >= 4 is 0 Å². The Kier molecular flexibility index (Phi) is 3.64. The summed E-state index contributed by atoms with van der Waals surface area (Å²) in [6.07, 6.45) is 1.63. The smallest absolute Gasteiger partial charge is 0.140 e. The zero-order valence-corrected chi connectivity index (χ0v) is 11.3. The molecule has 19 heavy (non-hydrogen) atoms. The molecule has 2 nitrogen and oxygen atoms in total. The molecule has 0 radical (unpaired) electrons. The van der Waals surface area contributed by atoms with Crippen molar-refractivity contribution in [2.75, 3.05) is 0 Å². The number of hydrogen-bond donors (Lipinski definition) is 0. The lowest BCUT2D eigenvalue weighted by atomic mass is 10.00. The highest BCUT2D eigenvalue weighted by Gasteiger charge is 2.00. The molecule has 0 unspecified atom stereocenters. The van der Waals surface area contributed by atoms with Gasteiger partial charge in [0.15, 0.2) is 0 Å². The molecule has 0 fully saturated rings. The van der Waals surface area contributed by atoms with Gasteiger partial charge in [0.2, 0.25) is 0 Å². The summed E-state index contributed by atoms with van der Waals surface area (Å²) < 4.78 is 0. The van der Waals surface area contributed by atoms with Gasteiger partial charge in [-0.2, -0.15) is 5.26 Å². The quantitative estimate of drug-likeness (QED) is 0.669. The van der Waals surface area contributed by atoms with Crippen molar-refractivity contribution in [1.29, 1.82) is 5.26 Å². The zero-order valence-electron chi connectivity index (χ0n) is 11.3. The third kappa shape index (κ3) is 3.00. The second-order valence-electron chi connectivity index (χ2n) is 4.57. The first-order valence-corrected chi connectivity index (χ1v) is 6.06. The van der Waals surface area contributed by atoms with Crippen LogP contribution in [0.3, 0.4) is 0 Å². The lowest BCUT2D eigenvalue weighted by molar-refractivity contribution is 1.25. The second-order valence-corrected chi connectivity index (χ2v) is 4.57. The molecule has 0 saturated carbocycles. The Morgan fingerprint density at radius 1 is 1.00 bits per heavy atom. The fourth-order valence-corrected chi connectivity index (χ4v) is 2.05. The number of hydrogen-bond acceptors (Lipinski definition) is 2. The van der Waals surface area contributed by atoms with Gasteiger partial charge in [-0.15, -0.1) is 0 Å². The first-order valence-electron chi connectivity index (χ1n) is 6.06. The van der Waals surface area contributed by atoms with Crippen LogP contribution in [0.15, 0.2) is 30.5 Å². The van der Waals surface area contributed by atoms with E-state index in [2.05, 4.69) is 49.7 Å². The fraction of sp³-hybridized carbons (Fsp3) is 0.176. The summed E-state index contributed by atoms with van der Waals surface area (Å²) >= 11 is 0. The molecule has 0 amide bonds. The number of aromatic nitrogens is 1. The summed E-state index contributed by atoms with van der Waals surface area (Å²) in [7, 11) is 0. The zero-order chi connectivity index (χ0) is 13.8. The van der Waals surface area contributed by atoms with Crippen molar-refractivity contribution in [3.05, 3.63) is 64.0 Å². The Hall–Kier alpha value is -2.58. The minimum absolute atomic E-state index is 0.410. The van der Waals surface area contributed by atoms with E-state index in [4.69, 9.17) is 5.26 Å². The monoisotopic (exact) mass is 246 g/mol. The Bertz CT molecular complexity index is 685. The molecule has 1 aromatic carbocycles. The van der Waals surface area contributed by atoms with Crippen LogP contribution in [0.4, 0.5) is 0 Å². The Labute approximate surface area is 113 Å². The van der Waals surface area contributed by atoms with Gasteiger partial charge < -0.3 is 0 Å². The SMILES string of the molecule is Cc1cc(C)c(C#Cc2ccc(C#N)nc2)c(C)c1. The molecule has 0 atom stereocenters. The van der Waals surface area contributed by atoms with Gasteiger partial charge in [0.1, 0.15) is 11.8 Å². The minimum atomic E-state index is 0.410. The molecule has 2 rings (SSSR count). The Balaban J connectivity index is 2.36. The second kappa shape index (κ2) is 5.38. The maximum Gasteiger partial charge on any atom is 0.140 e. The van der Waals surface area contributed by atoms with Crippen molar-refractivity contribution in [3.8, 4) is 17.9 Å². The number of nitriles is 1. The van der Waals surface area contributed by atoms with Gasteiger partial charge in [-0.05, 0) is 44.0 Å². The predicted molar refractivity (Wildman–Crippen MR) is 75.6 cm³/mol. The molecule has 0 spiro atoms. The van der Waals surface area contributed by atoms with E-state index in [1.807, 2.05) is 12.1 Å². The minimum Gasteiger partial charge on any atom is -0.244 e. The highest BCUT2D eigenvalue weighted by Crippen LogP contribution is 2.15. The largest absolute Gasteiger partial charge is 0.244 e. The molecule has 0 aliphatic heterocycles. The van der Waals surface area contributed by atoms with Crippen LogP contribution in [0.5, 0.6) is 0 Å².